The Morgan fingerprint density at radius 2 is 1.69 bits per heavy atom. The molecule has 0 aliphatic heterocycles. The summed E-state index contributed by atoms with van der Waals surface area (Å²) in [4.78, 5) is 33.1. The molecular formula is C28H29BrN4O2. The SMILES string of the molecule is CC(NC(=O)c1cccc(Br)c1)c1nc2ccccc2n1CC(=O)N(Cc1ccccc1)C(C)C. The van der Waals surface area contributed by atoms with E-state index in [0.717, 1.165) is 21.1 Å². The highest BCUT2D eigenvalue weighted by molar-refractivity contribution is 9.10. The van der Waals surface area contributed by atoms with E-state index in [1.54, 1.807) is 12.1 Å². The van der Waals surface area contributed by atoms with Crippen molar-refractivity contribution in [3.8, 4) is 0 Å². The Balaban J connectivity index is 1.61. The van der Waals surface area contributed by atoms with Crippen LogP contribution >= 0.6 is 15.9 Å². The van der Waals surface area contributed by atoms with Crippen molar-refractivity contribution in [3.05, 3.63) is 100 Å². The third kappa shape index (κ3) is 5.80. The number of aromatic nitrogens is 2. The van der Waals surface area contributed by atoms with E-state index < -0.39 is 6.04 Å². The van der Waals surface area contributed by atoms with E-state index in [9.17, 15) is 9.59 Å². The van der Waals surface area contributed by atoms with E-state index in [0.29, 0.717) is 17.9 Å². The summed E-state index contributed by atoms with van der Waals surface area (Å²) in [5.74, 6) is 0.446. The molecule has 3 aromatic carbocycles. The maximum absolute atomic E-state index is 13.5. The molecule has 4 rings (SSSR count). The maximum atomic E-state index is 13.5. The average Bonchev–Trinajstić information content (AvgIpc) is 3.21. The van der Waals surface area contributed by atoms with Crippen LogP contribution in [0.25, 0.3) is 11.0 Å². The van der Waals surface area contributed by atoms with Gasteiger partial charge < -0.3 is 14.8 Å². The number of amides is 2. The van der Waals surface area contributed by atoms with Gasteiger partial charge in [-0.05, 0) is 56.7 Å². The van der Waals surface area contributed by atoms with E-state index >= 15 is 0 Å². The minimum atomic E-state index is -0.400. The third-order valence-corrected chi connectivity index (χ3v) is 6.43. The zero-order valence-corrected chi connectivity index (χ0v) is 21.7. The predicted molar refractivity (Wildman–Crippen MR) is 142 cm³/mol. The molecule has 0 spiro atoms. The summed E-state index contributed by atoms with van der Waals surface area (Å²) in [7, 11) is 0. The summed E-state index contributed by atoms with van der Waals surface area (Å²) in [6, 6.07) is 24.6. The number of benzene rings is 3. The summed E-state index contributed by atoms with van der Waals surface area (Å²) in [5.41, 5.74) is 3.29. The van der Waals surface area contributed by atoms with E-state index in [4.69, 9.17) is 4.98 Å². The Bertz CT molecular complexity index is 1330. The molecule has 2 amide bonds. The van der Waals surface area contributed by atoms with Crippen LogP contribution in [0.1, 0.15) is 48.6 Å². The number of nitrogens with zero attached hydrogens (tertiary/aromatic N) is 3. The van der Waals surface area contributed by atoms with E-state index in [1.165, 1.54) is 0 Å². The monoisotopic (exact) mass is 532 g/mol. The van der Waals surface area contributed by atoms with Gasteiger partial charge in [-0.15, -0.1) is 0 Å². The first kappa shape index (κ1) is 24.7. The standard InChI is InChI=1S/C28H29BrN4O2/c1-19(2)32(17-21-10-5-4-6-11-21)26(34)18-33-25-15-8-7-14-24(25)31-27(33)20(3)30-28(35)22-12-9-13-23(29)16-22/h4-16,19-20H,17-18H2,1-3H3,(H,30,35). The zero-order valence-electron chi connectivity index (χ0n) is 20.1. The van der Waals surface area contributed by atoms with Crippen molar-refractivity contribution in [1.29, 1.82) is 0 Å². The minimum Gasteiger partial charge on any atom is -0.342 e. The number of halogens is 1. The number of rotatable bonds is 8. The van der Waals surface area contributed by atoms with Crippen molar-refractivity contribution in [3.63, 3.8) is 0 Å². The molecule has 0 aliphatic carbocycles. The number of hydrogen-bond acceptors (Lipinski definition) is 3. The molecule has 1 aromatic heterocycles. The van der Waals surface area contributed by atoms with Crippen LogP contribution in [0, 0.1) is 0 Å². The quantitative estimate of drug-likeness (QED) is 0.315. The highest BCUT2D eigenvalue weighted by Gasteiger charge is 2.24. The molecule has 0 bridgehead atoms. The van der Waals surface area contributed by atoms with Crippen LogP contribution in [0.2, 0.25) is 0 Å². The molecule has 0 saturated carbocycles. The van der Waals surface area contributed by atoms with Crippen LogP contribution in [0.15, 0.2) is 83.3 Å². The fraction of sp³-hybridized carbons (Fsp3) is 0.250. The lowest BCUT2D eigenvalue weighted by atomic mass is 10.2. The molecule has 0 fully saturated rings. The first-order chi connectivity index (χ1) is 16.8. The van der Waals surface area contributed by atoms with Gasteiger partial charge in [0, 0.05) is 22.6 Å². The number of nitrogens with one attached hydrogen (secondary N) is 1. The normalized spacial score (nSPS) is 12.0. The van der Waals surface area contributed by atoms with Crippen molar-refractivity contribution in [1.82, 2.24) is 19.8 Å². The molecule has 1 heterocycles. The van der Waals surface area contributed by atoms with Crippen molar-refractivity contribution >= 4 is 38.8 Å². The van der Waals surface area contributed by atoms with Crippen LogP contribution in [-0.4, -0.2) is 32.3 Å². The number of hydrogen-bond donors (Lipinski definition) is 1. The summed E-state index contributed by atoms with van der Waals surface area (Å²) >= 11 is 3.41. The summed E-state index contributed by atoms with van der Waals surface area (Å²) in [6.07, 6.45) is 0. The second-order valence-corrected chi connectivity index (χ2v) is 9.77. The summed E-state index contributed by atoms with van der Waals surface area (Å²) in [6.45, 7) is 6.61. The van der Waals surface area contributed by atoms with E-state index in [-0.39, 0.29) is 24.4 Å². The maximum Gasteiger partial charge on any atom is 0.251 e. The van der Waals surface area contributed by atoms with Gasteiger partial charge in [0.15, 0.2) is 0 Å². The molecule has 1 unspecified atom stereocenters. The van der Waals surface area contributed by atoms with Crippen LogP contribution in [0.3, 0.4) is 0 Å². The van der Waals surface area contributed by atoms with Gasteiger partial charge in [0.25, 0.3) is 5.91 Å². The van der Waals surface area contributed by atoms with Gasteiger partial charge in [0.1, 0.15) is 12.4 Å². The Morgan fingerprint density at radius 3 is 2.40 bits per heavy atom. The number of fused-ring (bicyclic) bond motifs is 1. The second kappa shape index (κ2) is 10.9. The molecule has 35 heavy (non-hydrogen) atoms. The molecule has 180 valence electrons. The van der Waals surface area contributed by atoms with Crippen LogP contribution < -0.4 is 5.32 Å². The fourth-order valence-electron chi connectivity index (χ4n) is 4.13. The Kier molecular flexibility index (Phi) is 7.66. The number of para-hydroxylation sites is 2. The van der Waals surface area contributed by atoms with Crippen molar-refractivity contribution in [2.75, 3.05) is 0 Å². The largest absolute Gasteiger partial charge is 0.342 e. The molecule has 1 N–H and O–H groups in total. The van der Waals surface area contributed by atoms with Crippen molar-refractivity contribution < 1.29 is 9.59 Å². The molecule has 4 aromatic rings. The summed E-state index contributed by atoms with van der Waals surface area (Å²) in [5, 5.41) is 3.04. The predicted octanol–water partition coefficient (Wildman–Crippen LogP) is 5.73. The molecule has 7 heteroatoms. The van der Waals surface area contributed by atoms with Crippen LogP contribution in [0.4, 0.5) is 0 Å². The molecule has 0 aliphatic rings. The van der Waals surface area contributed by atoms with Gasteiger partial charge in [0.2, 0.25) is 5.91 Å². The molecule has 1 atom stereocenters. The lowest BCUT2D eigenvalue weighted by Crippen LogP contribution is -2.39. The highest BCUT2D eigenvalue weighted by atomic mass is 79.9. The van der Waals surface area contributed by atoms with Gasteiger partial charge in [-0.3, -0.25) is 9.59 Å². The van der Waals surface area contributed by atoms with Crippen molar-refractivity contribution in [2.24, 2.45) is 0 Å². The first-order valence-corrected chi connectivity index (χ1v) is 12.5. The number of carbonyl (C=O) groups excluding carboxylic acids is 2. The third-order valence-electron chi connectivity index (χ3n) is 5.94. The number of imidazole rings is 1. The fourth-order valence-corrected chi connectivity index (χ4v) is 4.53. The zero-order chi connectivity index (χ0) is 24.9. The minimum absolute atomic E-state index is 0.00114. The van der Waals surface area contributed by atoms with Gasteiger partial charge in [0.05, 0.1) is 17.1 Å². The number of carbonyl (C=O) groups is 2. The summed E-state index contributed by atoms with van der Waals surface area (Å²) < 4.78 is 2.76. The Hall–Kier alpha value is -3.45. The van der Waals surface area contributed by atoms with E-state index in [1.807, 2.05) is 97.0 Å². The van der Waals surface area contributed by atoms with E-state index in [2.05, 4.69) is 21.2 Å². The average molecular weight is 533 g/mol. The topological polar surface area (TPSA) is 67.2 Å². The first-order valence-electron chi connectivity index (χ1n) is 11.7. The van der Waals surface area contributed by atoms with Gasteiger partial charge in [-0.2, -0.15) is 0 Å². The van der Waals surface area contributed by atoms with Gasteiger partial charge >= 0.3 is 0 Å². The van der Waals surface area contributed by atoms with Crippen LogP contribution in [0.5, 0.6) is 0 Å². The Labute approximate surface area is 214 Å². The molecular weight excluding hydrogens is 504 g/mol. The lowest BCUT2D eigenvalue weighted by Gasteiger charge is -2.28. The van der Waals surface area contributed by atoms with Crippen molar-refractivity contribution in [2.45, 2.75) is 45.9 Å². The van der Waals surface area contributed by atoms with Gasteiger partial charge in [-0.25, -0.2) is 4.98 Å². The second-order valence-electron chi connectivity index (χ2n) is 8.85. The molecule has 0 saturated heterocycles. The Morgan fingerprint density at radius 1 is 0.971 bits per heavy atom. The smallest absolute Gasteiger partial charge is 0.251 e. The molecule has 0 radical (unpaired) electrons. The lowest BCUT2D eigenvalue weighted by molar-refractivity contribution is -0.134. The van der Waals surface area contributed by atoms with Crippen LogP contribution in [-0.2, 0) is 17.9 Å². The van der Waals surface area contributed by atoms with Gasteiger partial charge in [-0.1, -0.05) is 64.5 Å². The highest BCUT2D eigenvalue weighted by Crippen LogP contribution is 2.22. The molecule has 6 nitrogen and oxygen atoms in total.